The Morgan fingerprint density at radius 3 is 2.74 bits per heavy atom. The first kappa shape index (κ1) is 12.2. The third-order valence-corrected chi connectivity index (χ3v) is 4.03. The Morgan fingerprint density at radius 2 is 2.16 bits per heavy atom. The number of aromatic nitrogens is 1. The molecule has 102 valence electrons. The van der Waals surface area contributed by atoms with Crippen LogP contribution in [0.4, 0.5) is 17.3 Å². The second-order valence-electron chi connectivity index (χ2n) is 5.28. The molecule has 7 heteroatoms. The highest BCUT2D eigenvalue weighted by atomic mass is 16.6. The number of anilines is 2. The number of hydrogen-bond donors (Lipinski definition) is 2. The van der Waals surface area contributed by atoms with E-state index in [0.29, 0.717) is 17.8 Å². The van der Waals surface area contributed by atoms with Crippen molar-refractivity contribution in [3.63, 3.8) is 0 Å². The molecule has 1 aromatic rings. The van der Waals surface area contributed by atoms with Crippen molar-refractivity contribution in [3.05, 3.63) is 22.2 Å². The van der Waals surface area contributed by atoms with E-state index in [2.05, 4.69) is 15.2 Å². The molecule has 0 spiro atoms. The van der Waals surface area contributed by atoms with Gasteiger partial charge in [-0.25, -0.2) is 4.98 Å². The number of nitrogen functional groups attached to an aromatic ring is 1. The molecule has 4 rings (SSSR count). The number of hydrogen-bond acceptors (Lipinski definition) is 6. The number of nitrogens with zero attached hydrogens (tertiary/aromatic N) is 3. The third-order valence-electron chi connectivity index (χ3n) is 4.03. The van der Waals surface area contributed by atoms with Crippen LogP contribution in [-0.2, 0) is 0 Å². The second kappa shape index (κ2) is 4.65. The van der Waals surface area contributed by atoms with Crippen LogP contribution in [0.5, 0.6) is 0 Å². The molecule has 3 N–H and O–H groups in total. The summed E-state index contributed by atoms with van der Waals surface area (Å²) in [5, 5.41) is 14.1. The maximum Gasteiger partial charge on any atom is 0.276 e. The highest BCUT2D eigenvalue weighted by molar-refractivity contribution is 5.53. The summed E-state index contributed by atoms with van der Waals surface area (Å²) >= 11 is 0. The van der Waals surface area contributed by atoms with E-state index in [0.717, 1.165) is 19.6 Å². The lowest BCUT2D eigenvalue weighted by molar-refractivity contribution is -0.384. The zero-order chi connectivity index (χ0) is 13.4. The molecule has 0 amide bonds. The molecule has 19 heavy (non-hydrogen) atoms. The van der Waals surface area contributed by atoms with Crippen LogP contribution >= 0.6 is 0 Å². The van der Waals surface area contributed by atoms with Crippen LogP contribution < -0.4 is 11.1 Å². The van der Waals surface area contributed by atoms with Gasteiger partial charge >= 0.3 is 0 Å². The van der Waals surface area contributed by atoms with E-state index in [1.165, 1.54) is 25.0 Å². The molecule has 0 saturated carbocycles. The summed E-state index contributed by atoms with van der Waals surface area (Å²) in [6.07, 6.45) is 2.37. The van der Waals surface area contributed by atoms with E-state index >= 15 is 0 Å². The lowest BCUT2D eigenvalue weighted by atomic mass is 9.84. The molecule has 0 aliphatic carbocycles. The largest absolute Gasteiger partial charge is 0.383 e. The Bertz CT molecular complexity index is 499. The number of rotatable bonds is 3. The van der Waals surface area contributed by atoms with Crippen LogP contribution in [-0.4, -0.2) is 40.5 Å². The summed E-state index contributed by atoms with van der Waals surface area (Å²) in [4.78, 5) is 16.9. The summed E-state index contributed by atoms with van der Waals surface area (Å²) in [6, 6.07) is 3.05. The van der Waals surface area contributed by atoms with Crippen LogP contribution in [0.25, 0.3) is 0 Å². The van der Waals surface area contributed by atoms with Crippen LogP contribution in [0, 0.1) is 16.0 Å². The Balaban J connectivity index is 1.78. The summed E-state index contributed by atoms with van der Waals surface area (Å²) in [6.45, 7) is 3.30. The van der Waals surface area contributed by atoms with Gasteiger partial charge in [0.15, 0.2) is 0 Å². The lowest BCUT2D eigenvalue weighted by Gasteiger charge is -2.45. The fraction of sp³-hybridized carbons (Fsp3) is 0.583. The molecule has 1 atom stereocenters. The van der Waals surface area contributed by atoms with Gasteiger partial charge in [0, 0.05) is 12.6 Å². The highest BCUT2D eigenvalue weighted by Gasteiger charge is 2.34. The molecular formula is C12H17N5O2. The minimum absolute atomic E-state index is 0.0173. The SMILES string of the molecule is Nc1cc([N+](=O)[O-])cc(NC2CN3CCC2CC3)n1. The van der Waals surface area contributed by atoms with Crippen molar-refractivity contribution in [1.29, 1.82) is 0 Å². The van der Waals surface area contributed by atoms with Crippen molar-refractivity contribution in [2.75, 3.05) is 30.7 Å². The van der Waals surface area contributed by atoms with Gasteiger partial charge in [-0.05, 0) is 31.8 Å². The number of fused-ring (bicyclic) bond motifs is 3. The van der Waals surface area contributed by atoms with Crippen LogP contribution in [0.2, 0.25) is 0 Å². The number of piperidine rings is 3. The zero-order valence-electron chi connectivity index (χ0n) is 10.6. The Morgan fingerprint density at radius 1 is 1.42 bits per heavy atom. The minimum Gasteiger partial charge on any atom is -0.383 e. The minimum atomic E-state index is -0.445. The standard InChI is InChI=1S/C12H17N5O2/c13-11-5-9(17(18)19)6-12(15-11)14-10-7-16-3-1-8(10)2-4-16/h5-6,8,10H,1-4,7H2,(H3,13,14,15). The molecule has 3 aliphatic rings. The molecule has 1 aromatic heterocycles. The van der Waals surface area contributed by atoms with Crippen molar-refractivity contribution >= 4 is 17.3 Å². The quantitative estimate of drug-likeness (QED) is 0.625. The van der Waals surface area contributed by atoms with Gasteiger partial charge in [0.25, 0.3) is 5.69 Å². The highest BCUT2D eigenvalue weighted by Crippen LogP contribution is 2.30. The smallest absolute Gasteiger partial charge is 0.276 e. The molecule has 3 fully saturated rings. The maximum atomic E-state index is 10.8. The van der Waals surface area contributed by atoms with Gasteiger partial charge in [-0.3, -0.25) is 10.1 Å². The number of nitrogens with two attached hydrogens (primary N) is 1. The predicted molar refractivity (Wildman–Crippen MR) is 71.9 cm³/mol. The van der Waals surface area contributed by atoms with Crippen LogP contribution in [0.1, 0.15) is 12.8 Å². The van der Waals surface area contributed by atoms with Crippen molar-refractivity contribution in [2.45, 2.75) is 18.9 Å². The number of nitro groups is 1. The van der Waals surface area contributed by atoms with Gasteiger partial charge in [0.05, 0.1) is 17.1 Å². The van der Waals surface area contributed by atoms with Crippen molar-refractivity contribution in [1.82, 2.24) is 9.88 Å². The summed E-state index contributed by atoms with van der Waals surface area (Å²) in [7, 11) is 0. The fourth-order valence-corrected chi connectivity index (χ4v) is 3.03. The first-order valence-electron chi connectivity index (χ1n) is 6.52. The summed E-state index contributed by atoms with van der Waals surface area (Å²) < 4.78 is 0. The van der Waals surface area contributed by atoms with Crippen molar-refractivity contribution < 1.29 is 4.92 Å². The molecular weight excluding hydrogens is 246 g/mol. The van der Waals surface area contributed by atoms with E-state index in [1.807, 2.05) is 0 Å². The average Bonchev–Trinajstić information content (AvgIpc) is 2.39. The third kappa shape index (κ3) is 2.46. The summed E-state index contributed by atoms with van der Waals surface area (Å²) in [5.74, 6) is 1.32. The molecule has 7 nitrogen and oxygen atoms in total. The molecule has 1 unspecified atom stereocenters. The molecule has 3 saturated heterocycles. The molecule has 2 bridgehead atoms. The number of pyridine rings is 1. The van der Waals surface area contributed by atoms with E-state index in [4.69, 9.17) is 5.73 Å². The van der Waals surface area contributed by atoms with E-state index in [-0.39, 0.29) is 11.5 Å². The topological polar surface area (TPSA) is 97.3 Å². The first-order chi connectivity index (χ1) is 9.11. The molecule has 4 heterocycles. The maximum absolute atomic E-state index is 10.8. The normalized spacial score (nSPS) is 29.2. The monoisotopic (exact) mass is 263 g/mol. The van der Waals surface area contributed by atoms with Gasteiger partial charge < -0.3 is 16.0 Å². The predicted octanol–water partition coefficient (Wildman–Crippen LogP) is 1.08. The zero-order valence-corrected chi connectivity index (χ0v) is 10.6. The number of nitrogens with one attached hydrogen (secondary N) is 1. The van der Waals surface area contributed by atoms with Crippen molar-refractivity contribution in [2.24, 2.45) is 5.92 Å². The first-order valence-corrected chi connectivity index (χ1v) is 6.52. The van der Waals surface area contributed by atoms with Crippen LogP contribution in [0.15, 0.2) is 12.1 Å². The van der Waals surface area contributed by atoms with Gasteiger partial charge in [-0.1, -0.05) is 0 Å². The lowest BCUT2D eigenvalue weighted by Crippen LogP contribution is -2.53. The Kier molecular flexibility index (Phi) is 2.98. The Hall–Kier alpha value is -1.89. The fourth-order valence-electron chi connectivity index (χ4n) is 3.03. The summed E-state index contributed by atoms with van der Waals surface area (Å²) in [5.41, 5.74) is 5.59. The Labute approximate surface area is 110 Å². The second-order valence-corrected chi connectivity index (χ2v) is 5.28. The van der Waals surface area contributed by atoms with Gasteiger partial charge in [-0.15, -0.1) is 0 Å². The molecule has 3 aliphatic heterocycles. The van der Waals surface area contributed by atoms with Gasteiger partial charge in [-0.2, -0.15) is 0 Å². The van der Waals surface area contributed by atoms with E-state index in [9.17, 15) is 10.1 Å². The molecule has 0 radical (unpaired) electrons. The van der Waals surface area contributed by atoms with Crippen LogP contribution in [0.3, 0.4) is 0 Å². The van der Waals surface area contributed by atoms with Gasteiger partial charge in [0.1, 0.15) is 11.6 Å². The van der Waals surface area contributed by atoms with E-state index in [1.54, 1.807) is 0 Å². The molecule has 0 aromatic carbocycles. The van der Waals surface area contributed by atoms with E-state index < -0.39 is 4.92 Å². The van der Waals surface area contributed by atoms with Crippen molar-refractivity contribution in [3.8, 4) is 0 Å². The van der Waals surface area contributed by atoms with Gasteiger partial charge in [0.2, 0.25) is 0 Å². The average molecular weight is 263 g/mol.